The molecule has 5 nitrogen and oxygen atoms in total. The van der Waals surface area contributed by atoms with Gasteiger partial charge in [-0.15, -0.1) is 0 Å². The molecule has 1 aromatic carbocycles. The molecule has 0 spiro atoms. The number of benzene rings is 1. The van der Waals surface area contributed by atoms with Crippen molar-refractivity contribution in [2.24, 2.45) is 0 Å². The third-order valence-electron chi connectivity index (χ3n) is 3.70. The van der Waals surface area contributed by atoms with Crippen LogP contribution in [-0.4, -0.2) is 35.8 Å². The van der Waals surface area contributed by atoms with Crippen LogP contribution in [0, 0.1) is 5.41 Å². The van der Waals surface area contributed by atoms with Crippen molar-refractivity contribution in [3.63, 3.8) is 0 Å². The fourth-order valence-corrected chi connectivity index (χ4v) is 2.59. The molecule has 0 aromatic heterocycles. The van der Waals surface area contributed by atoms with Crippen LogP contribution in [0.4, 0.5) is 5.69 Å². The lowest BCUT2D eigenvalue weighted by molar-refractivity contribution is -0.129. The summed E-state index contributed by atoms with van der Waals surface area (Å²) in [6.07, 6.45) is 2.15. The number of nitrogens with zero attached hydrogens (tertiary/aromatic N) is 1. The van der Waals surface area contributed by atoms with E-state index in [4.69, 9.17) is 11.1 Å². The van der Waals surface area contributed by atoms with E-state index in [9.17, 15) is 4.79 Å². The third kappa shape index (κ3) is 2.99. The Hall–Kier alpha value is -1.88. The molecule has 4 N–H and O–H groups in total. The summed E-state index contributed by atoms with van der Waals surface area (Å²) in [7, 11) is 0. The van der Waals surface area contributed by atoms with E-state index in [0.717, 1.165) is 25.9 Å². The van der Waals surface area contributed by atoms with Crippen molar-refractivity contribution in [1.82, 2.24) is 10.2 Å². The molecule has 0 saturated carbocycles. The van der Waals surface area contributed by atoms with Gasteiger partial charge in [-0.05, 0) is 38.1 Å². The molecule has 2 rings (SSSR count). The molecular formula is C15H22N4O. The van der Waals surface area contributed by atoms with Crippen LogP contribution in [0.15, 0.2) is 24.3 Å². The van der Waals surface area contributed by atoms with Crippen LogP contribution < -0.4 is 11.1 Å². The van der Waals surface area contributed by atoms with E-state index in [1.165, 1.54) is 0 Å². The molecule has 1 fully saturated rings. The van der Waals surface area contributed by atoms with E-state index in [1.807, 2.05) is 19.1 Å². The van der Waals surface area contributed by atoms with E-state index in [-0.39, 0.29) is 17.8 Å². The lowest BCUT2D eigenvalue weighted by atomic mass is 10.0. The highest BCUT2D eigenvalue weighted by Crippen LogP contribution is 2.20. The van der Waals surface area contributed by atoms with Gasteiger partial charge in [0.2, 0.25) is 5.91 Å². The zero-order valence-corrected chi connectivity index (χ0v) is 11.9. The number of rotatable bonds is 3. The minimum atomic E-state index is -0.00912. The fourth-order valence-electron chi connectivity index (χ4n) is 2.59. The van der Waals surface area contributed by atoms with Crippen molar-refractivity contribution in [2.75, 3.05) is 18.8 Å². The Bertz CT molecular complexity index is 494. The minimum Gasteiger partial charge on any atom is -0.398 e. The summed E-state index contributed by atoms with van der Waals surface area (Å²) in [4.78, 5) is 13.9. The second-order valence-corrected chi connectivity index (χ2v) is 5.03. The van der Waals surface area contributed by atoms with Crippen molar-refractivity contribution in [1.29, 1.82) is 5.41 Å². The Morgan fingerprint density at radius 3 is 2.65 bits per heavy atom. The first kappa shape index (κ1) is 14.5. The number of nitrogens with two attached hydrogens (primary N) is 1. The topological polar surface area (TPSA) is 82.2 Å². The molecule has 0 aliphatic carbocycles. The molecule has 1 aliphatic heterocycles. The number of carbonyl (C=O) groups is 1. The van der Waals surface area contributed by atoms with Gasteiger partial charge in [-0.25, -0.2) is 0 Å². The van der Waals surface area contributed by atoms with Crippen LogP contribution >= 0.6 is 0 Å². The molecule has 108 valence electrons. The average Bonchev–Trinajstić information content (AvgIpc) is 2.48. The largest absolute Gasteiger partial charge is 0.398 e. The number of nitrogen functional groups attached to an aromatic ring is 1. The zero-order chi connectivity index (χ0) is 14.5. The molecule has 1 amide bonds. The van der Waals surface area contributed by atoms with Gasteiger partial charge in [0.15, 0.2) is 0 Å². The zero-order valence-electron chi connectivity index (χ0n) is 11.9. The molecule has 1 saturated heterocycles. The number of amides is 1. The van der Waals surface area contributed by atoms with E-state index in [0.29, 0.717) is 17.7 Å². The molecule has 1 heterocycles. The normalized spacial score (nSPS) is 15.8. The van der Waals surface area contributed by atoms with E-state index in [2.05, 4.69) is 5.32 Å². The van der Waals surface area contributed by atoms with Gasteiger partial charge in [0.05, 0.1) is 0 Å². The Morgan fingerprint density at radius 2 is 2.05 bits per heavy atom. The predicted octanol–water partition coefficient (Wildman–Crippen LogP) is 1.58. The Balaban J connectivity index is 2.28. The molecule has 5 heteroatoms. The first-order valence-electron chi connectivity index (χ1n) is 7.11. The van der Waals surface area contributed by atoms with Crippen LogP contribution in [0.5, 0.6) is 0 Å². The van der Waals surface area contributed by atoms with E-state index >= 15 is 0 Å². The number of hydrogen-bond acceptors (Lipinski definition) is 4. The SMILES string of the molecule is CCC(=O)N(C(=N)c1ccccc1N)C1CCNCC1. The van der Waals surface area contributed by atoms with Crippen molar-refractivity contribution in [2.45, 2.75) is 32.2 Å². The molecule has 0 radical (unpaired) electrons. The van der Waals surface area contributed by atoms with Crippen LogP contribution in [0.25, 0.3) is 0 Å². The summed E-state index contributed by atoms with van der Waals surface area (Å²) in [6, 6.07) is 7.34. The van der Waals surface area contributed by atoms with E-state index < -0.39 is 0 Å². The molecule has 0 atom stereocenters. The summed E-state index contributed by atoms with van der Waals surface area (Å²) in [6.45, 7) is 3.60. The van der Waals surface area contributed by atoms with Gasteiger partial charge < -0.3 is 11.1 Å². The number of nitrogens with one attached hydrogen (secondary N) is 2. The quantitative estimate of drug-likeness (QED) is 0.444. The highest BCUT2D eigenvalue weighted by molar-refractivity contribution is 6.09. The third-order valence-corrected chi connectivity index (χ3v) is 3.70. The lowest BCUT2D eigenvalue weighted by Crippen LogP contribution is -2.49. The summed E-state index contributed by atoms with van der Waals surface area (Å²) < 4.78 is 0. The summed E-state index contributed by atoms with van der Waals surface area (Å²) in [5.74, 6) is 0.215. The van der Waals surface area contributed by atoms with Gasteiger partial charge in [0.25, 0.3) is 0 Å². The van der Waals surface area contributed by atoms with Crippen molar-refractivity contribution < 1.29 is 4.79 Å². The minimum absolute atomic E-state index is 0.00912. The van der Waals surface area contributed by atoms with Crippen molar-refractivity contribution in [3.8, 4) is 0 Å². The fraction of sp³-hybridized carbons (Fsp3) is 0.467. The highest BCUT2D eigenvalue weighted by atomic mass is 16.2. The maximum Gasteiger partial charge on any atom is 0.228 e. The Kier molecular flexibility index (Phi) is 4.74. The van der Waals surface area contributed by atoms with Gasteiger partial charge in [0, 0.05) is 23.7 Å². The molecular weight excluding hydrogens is 252 g/mol. The number of piperidine rings is 1. The summed E-state index contributed by atoms with van der Waals surface area (Å²) in [5, 5.41) is 11.7. The highest BCUT2D eigenvalue weighted by Gasteiger charge is 2.28. The maximum atomic E-state index is 12.3. The van der Waals surface area contributed by atoms with Crippen molar-refractivity contribution in [3.05, 3.63) is 29.8 Å². The molecule has 20 heavy (non-hydrogen) atoms. The number of anilines is 1. The molecule has 1 aromatic rings. The summed E-state index contributed by atoms with van der Waals surface area (Å²) in [5.41, 5.74) is 7.11. The first-order valence-corrected chi connectivity index (χ1v) is 7.11. The van der Waals surface area contributed by atoms with E-state index in [1.54, 1.807) is 17.0 Å². The maximum absolute atomic E-state index is 12.3. The molecule has 0 bridgehead atoms. The van der Waals surface area contributed by atoms with Gasteiger partial charge in [-0.1, -0.05) is 19.1 Å². The Morgan fingerprint density at radius 1 is 1.40 bits per heavy atom. The first-order chi connectivity index (χ1) is 9.65. The molecule has 0 unspecified atom stereocenters. The second-order valence-electron chi connectivity index (χ2n) is 5.03. The molecule has 1 aliphatic rings. The van der Waals surface area contributed by atoms with Crippen LogP contribution in [0.3, 0.4) is 0 Å². The lowest BCUT2D eigenvalue weighted by Gasteiger charge is -2.35. The number of amidine groups is 1. The second kappa shape index (κ2) is 6.52. The van der Waals surface area contributed by atoms with Gasteiger partial charge in [-0.3, -0.25) is 15.1 Å². The standard InChI is InChI=1S/C15H22N4O/c1-2-14(20)19(11-7-9-18-10-8-11)15(17)12-5-3-4-6-13(12)16/h3-6,11,17-18H,2,7-10,16H2,1H3. The average molecular weight is 274 g/mol. The van der Waals surface area contributed by atoms with Crippen LogP contribution in [0.2, 0.25) is 0 Å². The predicted molar refractivity (Wildman–Crippen MR) is 80.7 cm³/mol. The van der Waals surface area contributed by atoms with Crippen LogP contribution in [-0.2, 0) is 4.79 Å². The van der Waals surface area contributed by atoms with Gasteiger partial charge >= 0.3 is 0 Å². The van der Waals surface area contributed by atoms with Gasteiger partial charge in [0.1, 0.15) is 5.84 Å². The smallest absolute Gasteiger partial charge is 0.228 e. The van der Waals surface area contributed by atoms with Crippen LogP contribution in [0.1, 0.15) is 31.7 Å². The Labute approximate surface area is 119 Å². The monoisotopic (exact) mass is 274 g/mol. The number of hydrogen-bond donors (Lipinski definition) is 3. The summed E-state index contributed by atoms with van der Waals surface area (Å²) >= 11 is 0. The number of para-hydroxylation sites is 1. The van der Waals surface area contributed by atoms with Gasteiger partial charge in [-0.2, -0.15) is 0 Å². The van der Waals surface area contributed by atoms with Crippen molar-refractivity contribution >= 4 is 17.4 Å². The number of carbonyl (C=O) groups excluding carboxylic acids is 1.